The monoisotopic (exact) mass is 291 g/mol. The van der Waals surface area contributed by atoms with Crippen LogP contribution < -0.4 is 5.73 Å². The van der Waals surface area contributed by atoms with Crippen molar-refractivity contribution in [1.29, 1.82) is 0 Å². The molecule has 2 heterocycles. The molecule has 0 aromatic heterocycles. The maximum absolute atomic E-state index is 13.8. The Hall–Kier alpha value is -1.62. The number of halogens is 1. The van der Waals surface area contributed by atoms with Gasteiger partial charge in [-0.1, -0.05) is 0 Å². The summed E-state index contributed by atoms with van der Waals surface area (Å²) in [4.78, 5) is 16.9. The number of anilines is 1. The van der Waals surface area contributed by atoms with E-state index in [9.17, 15) is 9.18 Å². The molecule has 1 aromatic rings. The Balaban J connectivity index is 1.82. The molecule has 2 bridgehead atoms. The van der Waals surface area contributed by atoms with Crippen LogP contribution >= 0.6 is 0 Å². The number of nitrogen functional groups attached to an aromatic ring is 1. The number of benzene rings is 1. The fourth-order valence-corrected chi connectivity index (χ4v) is 3.50. The lowest BCUT2D eigenvalue weighted by molar-refractivity contribution is 0.0740. The molecule has 2 unspecified atom stereocenters. The molecular formula is C16H22FN3O. The van der Waals surface area contributed by atoms with Crippen molar-refractivity contribution in [3.63, 3.8) is 0 Å². The maximum Gasteiger partial charge on any atom is 0.254 e. The van der Waals surface area contributed by atoms with Crippen LogP contribution in [0.2, 0.25) is 0 Å². The molecule has 2 atom stereocenters. The molecule has 2 saturated heterocycles. The van der Waals surface area contributed by atoms with E-state index in [4.69, 9.17) is 5.73 Å². The topological polar surface area (TPSA) is 49.6 Å². The number of likely N-dealkylation sites (N-methyl/N-ethyl adjacent to an activating group) is 1. The SMILES string of the molecule is Cc1c(N)cc(C(=O)N2CCC3CCC(C2)N3C)cc1F. The third kappa shape index (κ3) is 2.50. The zero-order valence-corrected chi connectivity index (χ0v) is 12.6. The van der Waals surface area contributed by atoms with Crippen molar-refractivity contribution in [1.82, 2.24) is 9.80 Å². The minimum atomic E-state index is -0.410. The Morgan fingerprint density at radius 3 is 2.71 bits per heavy atom. The van der Waals surface area contributed by atoms with E-state index in [1.165, 1.54) is 12.5 Å². The standard InChI is InChI=1S/C16H22FN3O/c1-10-14(17)7-11(8-15(10)18)16(21)20-6-5-12-3-4-13(9-20)19(12)2/h7-8,12-13H,3-6,9,18H2,1-2H3. The Bertz CT molecular complexity index is 552. The van der Waals surface area contributed by atoms with Gasteiger partial charge in [0.25, 0.3) is 5.91 Å². The largest absolute Gasteiger partial charge is 0.398 e. The highest BCUT2D eigenvalue weighted by Gasteiger charge is 2.36. The highest BCUT2D eigenvalue weighted by molar-refractivity contribution is 5.95. The van der Waals surface area contributed by atoms with E-state index in [0.717, 1.165) is 25.9 Å². The van der Waals surface area contributed by atoms with Crippen molar-refractivity contribution >= 4 is 11.6 Å². The van der Waals surface area contributed by atoms with Crippen molar-refractivity contribution in [2.45, 2.75) is 38.3 Å². The molecule has 1 aromatic carbocycles. The molecular weight excluding hydrogens is 269 g/mol. The first-order chi connectivity index (χ1) is 9.97. The molecule has 4 nitrogen and oxygen atoms in total. The normalized spacial score (nSPS) is 26.0. The van der Waals surface area contributed by atoms with Gasteiger partial charge in [-0.2, -0.15) is 0 Å². The zero-order chi connectivity index (χ0) is 15.1. The first-order valence-corrected chi connectivity index (χ1v) is 7.54. The smallest absolute Gasteiger partial charge is 0.254 e. The minimum absolute atomic E-state index is 0.110. The zero-order valence-electron chi connectivity index (χ0n) is 12.6. The molecule has 1 amide bonds. The summed E-state index contributed by atoms with van der Waals surface area (Å²) in [6, 6.07) is 3.90. The third-order valence-corrected chi connectivity index (χ3v) is 5.07. The number of likely N-dealkylation sites (tertiary alicyclic amines) is 1. The van der Waals surface area contributed by atoms with Gasteiger partial charge in [0.1, 0.15) is 5.82 Å². The van der Waals surface area contributed by atoms with Crippen molar-refractivity contribution in [2.75, 3.05) is 25.9 Å². The van der Waals surface area contributed by atoms with Crippen LogP contribution in [0, 0.1) is 12.7 Å². The summed E-state index contributed by atoms with van der Waals surface area (Å²) in [5, 5.41) is 0. The number of amides is 1. The van der Waals surface area contributed by atoms with Crippen LogP contribution in [-0.4, -0.2) is 47.9 Å². The average molecular weight is 291 g/mol. The van der Waals surface area contributed by atoms with Crippen LogP contribution in [0.5, 0.6) is 0 Å². The van der Waals surface area contributed by atoms with E-state index in [2.05, 4.69) is 11.9 Å². The number of carbonyl (C=O) groups is 1. The second-order valence-corrected chi connectivity index (χ2v) is 6.26. The maximum atomic E-state index is 13.8. The summed E-state index contributed by atoms with van der Waals surface area (Å²) in [5.41, 5.74) is 6.88. The molecule has 0 spiro atoms. The van der Waals surface area contributed by atoms with Gasteiger partial charge in [-0.05, 0) is 45.4 Å². The lowest BCUT2D eigenvalue weighted by Gasteiger charge is -2.26. The molecule has 2 aliphatic rings. The fourth-order valence-electron chi connectivity index (χ4n) is 3.50. The van der Waals surface area contributed by atoms with Gasteiger partial charge in [0.15, 0.2) is 0 Å². The van der Waals surface area contributed by atoms with Gasteiger partial charge in [-0.25, -0.2) is 4.39 Å². The van der Waals surface area contributed by atoms with Gasteiger partial charge in [0.05, 0.1) is 0 Å². The highest BCUT2D eigenvalue weighted by atomic mass is 19.1. The van der Waals surface area contributed by atoms with Gasteiger partial charge in [0.2, 0.25) is 0 Å². The Labute approximate surface area is 124 Å². The lowest BCUT2D eigenvalue weighted by Crippen LogP contribution is -2.39. The fraction of sp³-hybridized carbons (Fsp3) is 0.562. The highest BCUT2D eigenvalue weighted by Crippen LogP contribution is 2.29. The number of nitrogens with two attached hydrogens (primary N) is 1. The average Bonchev–Trinajstić information content (AvgIpc) is 2.68. The second kappa shape index (κ2) is 5.30. The number of rotatable bonds is 1. The van der Waals surface area contributed by atoms with Gasteiger partial charge in [-0.3, -0.25) is 9.69 Å². The number of fused-ring (bicyclic) bond motifs is 2. The minimum Gasteiger partial charge on any atom is -0.398 e. The van der Waals surface area contributed by atoms with E-state index in [-0.39, 0.29) is 5.91 Å². The quantitative estimate of drug-likeness (QED) is 0.805. The van der Waals surface area contributed by atoms with Crippen LogP contribution in [-0.2, 0) is 0 Å². The molecule has 0 radical (unpaired) electrons. The number of hydrogen-bond donors (Lipinski definition) is 1. The molecule has 2 aliphatic heterocycles. The van der Waals surface area contributed by atoms with E-state index in [1.807, 2.05) is 4.90 Å². The molecule has 3 rings (SSSR count). The molecule has 2 N–H and O–H groups in total. The molecule has 0 aliphatic carbocycles. The summed E-state index contributed by atoms with van der Waals surface area (Å²) in [5.74, 6) is -0.520. The van der Waals surface area contributed by atoms with Gasteiger partial charge < -0.3 is 10.6 Å². The lowest BCUT2D eigenvalue weighted by atomic mass is 10.1. The van der Waals surface area contributed by atoms with Gasteiger partial charge in [-0.15, -0.1) is 0 Å². The molecule has 2 fully saturated rings. The summed E-state index contributed by atoms with van der Waals surface area (Å²) in [7, 11) is 2.14. The first-order valence-electron chi connectivity index (χ1n) is 7.54. The summed E-state index contributed by atoms with van der Waals surface area (Å²) in [6.07, 6.45) is 3.34. The predicted molar refractivity (Wildman–Crippen MR) is 80.6 cm³/mol. The number of hydrogen-bond acceptors (Lipinski definition) is 3. The van der Waals surface area contributed by atoms with Crippen LogP contribution in [0.15, 0.2) is 12.1 Å². The van der Waals surface area contributed by atoms with Crippen LogP contribution in [0.25, 0.3) is 0 Å². The van der Waals surface area contributed by atoms with Crippen molar-refractivity contribution in [3.05, 3.63) is 29.1 Å². The summed E-state index contributed by atoms with van der Waals surface area (Å²) < 4.78 is 13.8. The van der Waals surface area contributed by atoms with Gasteiger partial charge in [0, 0.05) is 42.0 Å². The second-order valence-electron chi connectivity index (χ2n) is 6.26. The molecule has 0 saturated carbocycles. The van der Waals surface area contributed by atoms with E-state index in [1.54, 1.807) is 13.0 Å². The van der Waals surface area contributed by atoms with Crippen molar-refractivity contribution in [3.8, 4) is 0 Å². The number of nitrogens with zero attached hydrogens (tertiary/aromatic N) is 2. The van der Waals surface area contributed by atoms with E-state index >= 15 is 0 Å². The summed E-state index contributed by atoms with van der Waals surface area (Å²) >= 11 is 0. The van der Waals surface area contributed by atoms with Crippen LogP contribution in [0.1, 0.15) is 35.2 Å². The Kier molecular flexibility index (Phi) is 3.61. The molecule has 114 valence electrons. The van der Waals surface area contributed by atoms with Crippen LogP contribution in [0.4, 0.5) is 10.1 Å². The Morgan fingerprint density at radius 1 is 1.29 bits per heavy atom. The summed E-state index contributed by atoms with van der Waals surface area (Å²) in [6.45, 7) is 3.08. The van der Waals surface area contributed by atoms with E-state index in [0.29, 0.717) is 28.9 Å². The van der Waals surface area contributed by atoms with E-state index < -0.39 is 5.82 Å². The molecule has 21 heavy (non-hydrogen) atoms. The first kappa shape index (κ1) is 14.3. The van der Waals surface area contributed by atoms with Gasteiger partial charge >= 0.3 is 0 Å². The van der Waals surface area contributed by atoms with Crippen LogP contribution in [0.3, 0.4) is 0 Å². The Morgan fingerprint density at radius 2 is 2.00 bits per heavy atom. The predicted octanol–water partition coefficient (Wildman–Crippen LogP) is 2.03. The number of carbonyl (C=O) groups excluding carboxylic acids is 1. The molecule has 5 heteroatoms. The third-order valence-electron chi connectivity index (χ3n) is 5.07. The van der Waals surface area contributed by atoms with Crippen molar-refractivity contribution in [2.24, 2.45) is 0 Å². The van der Waals surface area contributed by atoms with Crippen molar-refractivity contribution < 1.29 is 9.18 Å².